The lowest BCUT2D eigenvalue weighted by atomic mass is 10.2. The molecule has 5 heteroatoms. The van der Waals surface area contributed by atoms with Crippen molar-refractivity contribution in [2.24, 2.45) is 0 Å². The molecule has 21 heavy (non-hydrogen) atoms. The minimum atomic E-state index is -3.33. The zero-order valence-corrected chi connectivity index (χ0v) is 13.3. The number of sulfone groups is 1. The van der Waals surface area contributed by atoms with Crippen molar-refractivity contribution in [3.05, 3.63) is 34.9 Å². The van der Waals surface area contributed by atoms with E-state index in [-0.39, 0.29) is 0 Å². The Morgan fingerprint density at radius 2 is 1.81 bits per heavy atom. The predicted molar refractivity (Wildman–Crippen MR) is 84.5 cm³/mol. The fraction of sp³-hybridized carbons (Fsp3) is 0.500. The van der Waals surface area contributed by atoms with Gasteiger partial charge in [-0.15, -0.1) is 0 Å². The van der Waals surface area contributed by atoms with Crippen LogP contribution in [0.1, 0.15) is 25.3 Å². The predicted octanol–water partition coefficient (Wildman–Crippen LogP) is 2.19. The first-order valence-electron chi connectivity index (χ1n) is 7.66. The third-order valence-electron chi connectivity index (χ3n) is 4.36. The highest BCUT2D eigenvalue weighted by Crippen LogP contribution is 2.34. The number of benzene rings is 1. The second-order valence-corrected chi connectivity index (χ2v) is 7.52. The summed E-state index contributed by atoms with van der Waals surface area (Å²) in [4.78, 5) is 4.90. The van der Waals surface area contributed by atoms with Crippen LogP contribution in [-0.2, 0) is 9.84 Å². The van der Waals surface area contributed by atoms with Crippen LogP contribution in [0, 0.1) is 0 Å². The van der Waals surface area contributed by atoms with Crippen molar-refractivity contribution in [2.45, 2.75) is 24.7 Å². The molecule has 3 rings (SSSR count). The molecular weight excluding hydrogens is 284 g/mol. The van der Waals surface area contributed by atoms with Crippen molar-refractivity contribution < 1.29 is 8.42 Å². The summed E-state index contributed by atoms with van der Waals surface area (Å²) < 4.78 is 25.4. The molecule has 0 unspecified atom stereocenters. The first-order chi connectivity index (χ1) is 10.1. The Labute approximate surface area is 127 Å². The van der Waals surface area contributed by atoms with Crippen molar-refractivity contribution in [3.8, 4) is 0 Å². The zero-order valence-electron chi connectivity index (χ0n) is 12.5. The summed E-state index contributed by atoms with van der Waals surface area (Å²) in [6.07, 6.45) is 4.01. The van der Waals surface area contributed by atoms with Gasteiger partial charge in [0, 0.05) is 19.6 Å². The summed E-state index contributed by atoms with van der Waals surface area (Å²) in [7, 11) is -3.33. The molecule has 0 saturated carbocycles. The van der Waals surface area contributed by atoms with Gasteiger partial charge in [0.1, 0.15) is 5.03 Å². The number of hydrogen-bond donors (Lipinski definition) is 0. The fourth-order valence-corrected chi connectivity index (χ4v) is 4.81. The second-order valence-electron chi connectivity index (χ2n) is 5.65. The molecule has 0 amide bonds. The first kappa shape index (κ1) is 14.6. The number of rotatable bonds is 2. The van der Waals surface area contributed by atoms with Gasteiger partial charge in [0.2, 0.25) is 9.84 Å². The molecule has 0 atom stereocenters. The average Bonchev–Trinajstić information content (AvgIpc) is 2.72. The number of nitrogens with zero attached hydrogens (tertiary/aromatic N) is 2. The van der Waals surface area contributed by atoms with E-state index in [0.717, 1.165) is 51.1 Å². The van der Waals surface area contributed by atoms with Crippen molar-refractivity contribution in [3.63, 3.8) is 0 Å². The molecule has 0 radical (unpaired) electrons. The highest BCUT2D eigenvalue weighted by atomic mass is 32.2. The maximum Gasteiger partial charge on any atom is 0.222 e. The molecule has 2 aliphatic rings. The van der Waals surface area contributed by atoms with Crippen LogP contribution in [0.25, 0.3) is 6.08 Å². The molecule has 0 N–H and O–H groups in total. The van der Waals surface area contributed by atoms with Gasteiger partial charge in [0.25, 0.3) is 0 Å². The molecule has 0 aliphatic carbocycles. The summed E-state index contributed by atoms with van der Waals surface area (Å²) in [6.45, 7) is 6.85. The summed E-state index contributed by atoms with van der Waals surface area (Å²) >= 11 is 0. The summed E-state index contributed by atoms with van der Waals surface area (Å²) in [5.74, 6) is 0. The average molecular weight is 306 g/mol. The van der Waals surface area contributed by atoms with Gasteiger partial charge in [-0.05, 0) is 43.6 Å². The minimum Gasteiger partial charge on any atom is -0.361 e. The van der Waals surface area contributed by atoms with Crippen LogP contribution in [-0.4, -0.2) is 50.9 Å². The molecule has 0 aromatic heterocycles. The van der Waals surface area contributed by atoms with Crippen molar-refractivity contribution in [1.29, 1.82) is 0 Å². The molecule has 2 aliphatic heterocycles. The van der Waals surface area contributed by atoms with E-state index in [0.29, 0.717) is 9.92 Å². The SMILES string of the molecule is CCN1CCCCN(C2=Cc3ccccc3S2(=O)=O)CC1. The minimum absolute atomic E-state index is 0.453. The quantitative estimate of drug-likeness (QED) is 0.840. The van der Waals surface area contributed by atoms with E-state index < -0.39 is 9.84 Å². The lowest BCUT2D eigenvalue weighted by molar-refractivity contribution is 0.211. The second kappa shape index (κ2) is 5.81. The molecule has 4 nitrogen and oxygen atoms in total. The summed E-state index contributed by atoms with van der Waals surface area (Å²) in [5.41, 5.74) is 0.821. The topological polar surface area (TPSA) is 40.6 Å². The van der Waals surface area contributed by atoms with E-state index >= 15 is 0 Å². The van der Waals surface area contributed by atoms with Gasteiger partial charge in [-0.2, -0.15) is 0 Å². The monoisotopic (exact) mass is 306 g/mol. The highest BCUT2D eigenvalue weighted by molar-refractivity contribution is 7.95. The van der Waals surface area contributed by atoms with Gasteiger partial charge < -0.3 is 9.80 Å². The van der Waals surface area contributed by atoms with Gasteiger partial charge in [-0.25, -0.2) is 8.42 Å². The Bertz CT molecular complexity index is 652. The largest absolute Gasteiger partial charge is 0.361 e. The molecule has 1 fully saturated rings. The lowest BCUT2D eigenvalue weighted by Crippen LogP contribution is -2.39. The van der Waals surface area contributed by atoms with Gasteiger partial charge >= 0.3 is 0 Å². The highest BCUT2D eigenvalue weighted by Gasteiger charge is 2.33. The maximum absolute atomic E-state index is 12.7. The van der Waals surface area contributed by atoms with Crippen LogP contribution in [0.2, 0.25) is 0 Å². The summed E-state index contributed by atoms with van der Waals surface area (Å²) in [5, 5.41) is 0.488. The molecule has 0 bridgehead atoms. The van der Waals surface area contributed by atoms with Crippen molar-refractivity contribution in [2.75, 3.05) is 32.7 Å². The third-order valence-corrected chi connectivity index (χ3v) is 6.24. The van der Waals surface area contributed by atoms with Crippen LogP contribution >= 0.6 is 0 Å². The zero-order chi connectivity index (χ0) is 14.9. The van der Waals surface area contributed by atoms with Crippen molar-refractivity contribution in [1.82, 2.24) is 9.80 Å². The Balaban J connectivity index is 1.87. The molecule has 114 valence electrons. The molecule has 1 aromatic rings. The van der Waals surface area contributed by atoms with Crippen molar-refractivity contribution >= 4 is 15.9 Å². The summed E-state index contributed by atoms with van der Waals surface area (Å²) in [6, 6.07) is 7.26. The van der Waals surface area contributed by atoms with E-state index in [9.17, 15) is 8.42 Å². The number of likely N-dealkylation sites (N-methyl/N-ethyl adjacent to an activating group) is 1. The van der Waals surface area contributed by atoms with Gasteiger partial charge in [0.05, 0.1) is 4.90 Å². The third kappa shape index (κ3) is 2.72. The number of hydrogen-bond acceptors (Lipinski definition) is 4. The molecular formula is C16H22N2O2S. The van der Waals surface area contributed by atoms with Crippen LogP contribution in [0.3, 0.4) is 0 Å². The van der Waals surface area contributed by atoms with Gasteiger partial charge in [-0.3, -0.25) is 0 Å². The molecule has 0 spiro atoms. The Morgan fingerprint density at radius 3 is 2.57 bits per heavy atom. The van der Waals surface area contributed by atoms with Crippen LogP contribution < -0.4 is 0 Å². The molecule has 1 aromatic carbocycles. The van der Waals surface area contributed by atoms with E-state index in [4.69, 9.17) is 0 Å². The normalized spacial score (nSPS) is 22.3. The Hall–Kier alpha value is -1.33. The first-order valence-corrected chi connectivity index (χ1v) is 9.14. The van der Waals surface area contributed by atoms with Gasteiger partial charge in [-0.1, -0.05) is 25.1 Å². The molecule has 1 saturated heterocycles. The van der Waals surface area contributed by atoms with E-state index in [1.165, 1.54) is 0 Å². The van der Waals surface area contributed by atoms with E-state index in [2.05, 4.69) is 16.7 Å². The Kier molecular flexibility index (Phi) is 4.04. The van der Waals surface area contributed by atoms with Gasteiger partial charge in [0.15, 0.2) is 0 Å². The van der Waals surface area contributed by atoms with Crippen LogP contribution in [0.15, 0.2) is 34.2 Å². The molecule has 2 heterocycles. The smallest absolute Gasteiger partial charge is 0.222 e. The van der Waals surface area contributed by atoms with E-state index in [1.807, 2.05) is 18.2 Å². The standard InChI is InChI=1S/C16H22N2O2S/c1-2-17-9-5-6-10-18(12-11-17)16-13-14-7-3-4-8-15(14)21(16,19)20/h3-4,7-8,13H,2,5-6,9-12H2,1H3. The number of fused-ring (bicyclic) bond motifs is 1. The van der Waals surface area contributed by atoms with Crippen LogP contribution in [0.4, 0.5) is 0 Å². The van der Waals surface area contributed by atoms with Crippen LogP contribution in [0.5, 0.6) is 0 Å². The van der Waals surface area contributed by atoms with E-state index in [1.54, 1.807) is 12.1 Å². The Morgan fingerprint density at radius 1 is 1.05 bits per heavy atom. The maximum atomic E-state index is 12.7. The fourth-order valence-electron chi connectivity index (χ4n) is 3.09. The lowest BCUT2D eigenvalue weighted by Gasteiger charge is -2.31.